The van der Waals surface area contributed by atoms with Gasteiger partial charge in [0.1, 0.15) is 5.75 Å². The molecule has 1 fully saturated rings. The SMILES string of the molecule is CNC(c1ccc(I)cc1)c1cccc(OC2CC2)c1. The van der Waals surface area contributed by atoms with Crippen molar-refractivity contribution in [3.63, 3.8) is 0 Å². The molecule has 2 nitrogen and oxygen atoms in total. The second kappa shape index (κ2) is 6.14. The summed E-state index contributed by atoms with van der Waals surface area (Å²) in [5.74, 6) is 0.982. The predicted molar refractivity (Wildman–Crippen MR) is 90.2 cm³/mol. The summed E-state index contributed by atoms with van der Waals surface area (Å²) in [6.45, 7) is 0. The van der Waals surface area contributed by atoms with E-state index in [4.69, 9.17) is 4.74 Å². The first-order valence-electron chi connectivity index (χ1n) is 6.95. The van der Waals surface area contributed by atoms with Gasteiger partial charge in [-0.05, 0) is 77.9 Å². The van der Waals surface area contributed by atoms with Crippen LogP contribution in [0.1, 0.15) is 30.0 Å². The standard InChI is InChI=1S/C17H18INO/c1-19-17(12-5-7-14(18)8-6-12)13-3-2-4-16(11-13)20-15-9-10-15/h2-8,11,15,17,19H,9-10H2,1H3. The van der Waals surface area contributed by atoms with Crippen molar-refractivity contribution in [1.82, 2.24) is 5.32 Å². The summed E-state index contributed by atoms with van der Waals surface area (Å²) in [7, 11) is 2.00. The Balaban J connectivity index is 1.85. The monoisotopic (exact) mass is 379 g/mol. The summed E-state index contributed by atoms with van der Waals surface area (Å²) in [6, 6.07) is 17.3. The number of ether oxygens (including phenoxy) is 1. The zero-order valence-corrected chi connectivity index (χ0v) is 13.6. The van der Waals surface area contributed by atoms with Gasteiger partial charge < -0.3 is 10.1 Å². The Morgan fingerprint density at radius 3 is 2.50 bits per heavy atom. The summed E-state index contributed by atoms with van der Waals surface area (Å²) >= 11 is 2.33. The second-order valence-electron chi connectivity index (χ2n) is 5.16. The lowest BCUT2D eigenvalue weighted by Gasteiger charge is -2.18. The zero-order chi connectivity index (χ0) is 13.9. The molecule has 1 unspecified atom stereocenters. The van der Waals surface area contributed by atoms with Crippen LogP contribution in [0.4, 0.5) is 0 Å². The number of benzene rings is 2. The van der Waals surface area contributed by atoms with E-state index in [0.717, 1.165) is 5.75 Å². The van der Waals surface area contributed by atoms with Crippen molar-refractivity contribution in [1.29, 1.82) is 0 Å². The van der Waals surface area contributed by atoms with Crippen molar-refractivity contribution >= 4 is 22.6 Å². The summed E-state index contributed by atoms with van der Waals surface area (Å²) in [4.78, 5) is 0. The van der Waals surface area contributed by atoms with Crippen molar-refractivity contribution in [3.8, 4) is 5.75 Å². The highest BCUT2D eigenvalue weighted by Crippen LogP contribution is 2.30. The van der Waals surface area contributed by atoms with Crippen LogP contribution in [-0.4, -0.2) is 13.2 Å². The summed E-state index contributed by atoms with van der Waals surface area (Å²) in [5, 5.41) is 3.39. The maximum absolute atomic E-state index is 5.89. The Bertz CT molecular complexity index is 578. The Kier molecular flexibility index (Phi) is 4.27. The van der Waals surface area contributed by atoms with Crippen molar-refractivity contribution in [2.45, 2.75) is 25.0 Å². The highest BCUT2D eigenvalue weighted by Gasteiger charge is 2.23. The molecule has 2 aromatic rings. The third-order valence-corrected chi connectivity index (χ3v) is 4.23. The third-order valence-electron chi connectivity index (χ3n) is 3.51. The van der Waals surface area contributed by atoms with Crippen LogP contribution in [0.15, 0.2) is 48.5 Å². The van der Waals surface area contributed by atoms with Crippen LogP contribution in [0.2, 0.25) is 0 Å². The lowest BCUT2D eigenvalue weighted by Crippen LogP contribution is -2.17. The molecule has 3 heteroatoms. The molecule has 20 heavy (non-hydrogen) atoms. The average Bonchev–Trinajstić information content (AvgIpc) is 3.26. The topological polar surface area (TPSA) is 21.3 Å². The fraction of sp³-hybridized carbons (Fsp3) is 0.294. The van der Waals surface area contributed by atoms with Gasteiger partial charge in [-0.2, -0.15) is 0 Å². The molecular weight excluding hydrogens is 361 g/mol. The summed E-state index contributed by atoms with van der Waals surface area (Å²) in [5.41, 5.74) is 2.52. The van der Waals surface area contributed by atoms with Crippen LogP contribution < -0.4 is 10.1 Å². The van der Waals surface area contributed by atoms with Gasteiger partial charge in [0, 0.05) is 3.57 Å². The first kappa shape index (κ1) is 13.9. The maximum Gasteiger partial charge on any atom is 0.120 e. The second-order valence-corrected chi connectivity index (χ2v) is 6.41. The third kappa shape index (κ3) is 3.33. The first-order valence-corrected chi connectivity index (χ1v) is 8.03. The lowest BCUT2D eigenvalue weighted by atomic mass is 9.99. The van der Waals surface area contributed by atoms with Crippen LogP contribution in [0.25, 0.3) is 0 Å². The molecule has 1 saturated carbocycles. The molecule has 0 aromatic heterocycles. The van der Waals surface area contributed by atoms with Gasteiger partial charge in [0.25, 0.3) is 0 Å². The number of rotatable bonds is 5. The largest absolute Gasteiger partial charge is 0.490 e. The molecule has 0 bridgehead atoms. The quantitative estimate of drug-likeness (QED) is 0.789. The van der Waals surface area contributed by atoms with Gasteiger partial charge in [0.2, 0.25) is 0 Å². The molecule has 0 spiro atoms. The first-order chi connectivity index (χ1) is 9.76. The van der Waals surface area contributed by atoms with Gasteiger partial charge in [0.05, 0.1) is 12.1 Å². The minimum absolute atomic E-state index is 0.203. The molecule has 1 aliphatic carbocycles. The minimum atomic E-state index is 0.203. The smallest absolute Gasteiger partial charge is 0.120 e. The van der Waals surface area contributed by atoms with Crippen LogP contribution in [0.3, 0.4) is 0 Å². The number of nitrogens with one attached hydrogen (secondary N) is 1. The van der Waals surface area contributed by atoms with Crippen LogP contribution in [0.5, 0.6) is 5.75 Å². The van der Waals surface area contributed by atoms with E-state index in [2.05, 4.69) is 70.4 Å². The zero-order valence-electron chi connectivity index (χ0n) is 11.5. The summed E-state index contributed by atoms with van der Waals surface area (Å²) in [6.07, 6.45) is 2.82. The fourth-order valence-corrected chi connectivity index (χ4v) is 2.69. The van der Waals surface area contributed by atoms with E-state index < -0.39 is 0 Å². The van der Waals surface area contributed by atoms with E-state index in [9.17, 15) is 0 Å². The molecule has 1 atom stereocenters. The van der Waals surface area contributed by atoms with E-state index in [-0.39, 0.29) is 6.04 Å². The number of hydrogen-bond acceptors (Lipinski definition) is 2. The molecule has 0 amide bonds. The van der Waals surface area contributed by atoms with E-state index >= 15 is 0 Å². The normalized spacial score (nSPS) is 15.9. The van der Waals surface area contributed by atoms with Gasteiger partial charge in [0.15, 0.2) is 0 Å². The van der Waals surface area contributed by atoms with Crippen molar-refractivity contribution < 1.29 is 4.74 Å². The van der Waals surface area contributed by atoms with Gasteiger partial charge in [-0.15, -0.1) is 0 Å². The Morgan fingerprint density at radius 1 is 1.10 bits per heavy atom. The van der Waals surface area contributed by atoms with Crippen molar-refractivity contribution in [2.75, 3.05) is 7.05 Å². The van der Waals surface area contributed by atoms with E-state index in [1.54, 1.807) is 0 Å². The Hall–Kier alpha value is -1.07. The van der Waals surface area contributed by atoms with Crippen molar-refractivity contribution in [3.05, 3.63) is 63.2 Å². The number of hydrogen-bond donors (Lipinski definition) is 1. The Labute approximate surface area is 133 Å². The lowest BCUT2D eigenvalue weighted by molar-refractivity contribution is 0.302. The molecule has 1 aliphatic rings. The van der Waals surface area contributed by atoms with Gasteiger partial charge in [-0.1, -0.05) is 24.3 Å². The molecular formula is C17H18INO. The minimum Gasteiger partial charge on any atom is -0.490 e. The molecule has 1 N–H and O–H groups in total. The van der Waals surface area contributed by atoms with E-state index in [0.29, 0.717) is 6.10 Å². The summed E-state index contributed by atoms with van der Waals surface area (Å²) < 4.78 is 7.14. The van der Waals surface area contributed by atoms with Crippen LogP contribution in [0, 0.1) is 3.57 Å². The Morgan fingerprint density at radius 2 is 1.85 bits per heavy atom. The maximum atomic E-state index is 5.89. The molecule has 0 aliphatic heterocycles. The van der Waals surface area contributed by atoms with Gasteiger partial charge in [-0.25, -0.2) is 0 Å². The highest BCUT2D eigenvalue weighted by atomic mass is 127. The molecule has 104 valence electrons. The van der Waals surface area contributed by atoms with Crippen molar-refractivity contribution in [2.24, 2.45) is 0 Å². The average molecular weight is 379 g/mol. The molecule has 2 aromatic carbocycles. The van der Waals surface area contributed by atoms with Gasteiger partial charge in [-0.3, -0.25) is 0 Å². The van der Waals surface area contributed by atoms with Crippen LogP contribution in [-0.2, 0) is 0 Å². The van der Waals surface area contributed by atoms with E-state index in [1.165, 1.54) is 27.5 Å². The molecule has 3 rings (SSSR count). The predicted octanol–water partition coefficient (Wildman–Crippen LogP) is 4.14. The molecule has 0 radical (unpaired) electrons. The highest BCUT2D eigenvalue weighted by molar-refractivity contribution is 14.1. The molecule has 0 heterocycles. The van der Waals surface area contributed by atoms with Crippen LogP contribution >= 0.6 is 22.6 Å². The molecule has 0 saturated heterocycles. The number of halogens is 1. The fourth-order valence-electron chi connectivity index (χ4n) is 2.33. The van der Waals surface area contributed by atoms with Gasteiger partial charge >= 0.3 is 0 Å². The van der Waals surface area contributed by atoms with E-state index in [1.807, 2.05) is 13.1 Å².